The molecule has 7 heteroatoms. The lowest BCUT2D eigenvalue weighted by Gasteiger charge is -2.29. The maximum absolute atomic E-state index is 14.7. The third kappa shape index (κ3) is 5.91. The van der Waals surface area contributed by atoms with Crippen molar-refractivity contribution >= 4 is 18.3 Å². The Labute approximate surface area is 189 Å². The van der Waals surface area contributed by atoms with E-state index in [0.29, 0.717) is 12.0 Å². The van der Waals surface area contributed by atoms with E-state index in [9.17, 15) is 9.18 Å². The number of fused-ring (bicyclic) bond motifs is 1. The molecule has 1 amide bonds. The van der Waals surface area contributed by atoms with Crippen molar-refractivity contribution in [3.05, 3.63) is 58.6 Å². The third-order valence-corrected chi connectivity index (χ3v) is 6.05. The van der Waals surface area contributed by atoms with E-state index in [2.05, 4.69) is 39.6 Å². The summed E-state index contributed by atoms with van der Waals surface area (Å²) in [7, 11) is 0. The van der Waals surface area contributed by atoms with Crippen molar-refractivity contribution in [3.63, 3.8) is 0 Å². The van der Waals surface area contributed by atoms with Crippen LogP contribution in [0.15, 0.2) is 46.3 Å². The molecular formula is C25H32FN5O. The Morgan fingerprint density at radius 1 is 1.31 bits per heavy atom. The van der Waals surface area contributed by atoms with Gasteiger partial charge in [0.1, 0.15) is 12.0 Å². The van der Waals surface area contributed by atoms with Gasteiger partial charge in [0, 0.05) is 25.3 Å². The Balaban J connectivity index is 1.33. The summed E-state index contributed by atoms with van der Waals surface area (Å²) in [6, 6.07) is 3.92. The van der Waals surface area contributed by atoms with Gasteiger partial charge in [-0.15, -0.1) is 0 Å². The molecule has 0 bridgehead atoms. The van der Waals surface area contributed by atoms with Crippen LogP contribution in [0.4, 0.5) is 4.39 Å². The molecule has 1 aromatic rings. The number of nitrogens with zero attached hydrogens (tertiary/aromatic N) is 3. The summed E-state index contributed by atoms with van der Waals surface area (Å²) in [5, 5.41) is 14.1. The molecular weight excluding hydrogens is 405 g/mol. The second kappa shape index (κ2) is 10.2. The topological polar surface area (TPSA) is 69.1 Å². The van der Waals surface area contributed by atoms with Crippen molar-refractivity contribution in [1.82, 2.24) is 15.5 Å². The summed E-state index contributed by atoms with van der Waals surface area (Å²) < 4.78 is 14.7. The highest BCUT2D eigenvalue weighted by atomic mass is 19.1. The third-order valence-electron chi connectivity index (χ3n) is 6.05. The summed E-state index contributed by atoms with van der Waals surface area (Å²) >= 11 is 0. The van der Waals surface area contributed by atoms with Crippen LogP contribution in [0.25, 0.3) is 0 Å². The number of benzene rings is 1. The fourth-order valence-corrected chi connectivity index (χ4v) is 4.06. The van der Waals surface area contributed by atoms with Crippen LogP contribution in [-0.2, 0) is 13.0 Å². The number of amides is 1. The van der Waals surface area contributed by atoms with E-state index in [-0.39, 0.29) is 5.56 Å². The van der Waals surface area contributed by atoms with Crippen molar-refractivity contribution in [2.24, 2.45) is 16.1 Å². The predicted octanol–water partition coefficient (Wildman–Crippen LogP) is 3.94. The van der Waals surface area contributed by atoms with Crippen LogP contribution in [0.1, 0.15) is 61.0 Å². The maximum Gasteiger partial charge on any atom is 0.256 e. The van der Waals surface area contributed by atoms with E-state index in [1.165, 1.54) is 18.9 Å². The first-order valence-corrected chi connectivity index (χ1v) is 11.6. The molecule has 1 unspecified atom stereocenters. The first-order valence-electron chi connectivity index (χ1n) is 11.6. The molecule has 6 nitrogen and oxygen atoms in total. The van der Waals surface area contributed by atoms with Crippen LogP contribution in [0, 0.1) is 11.7 Å². The molecule has 2 aliphatic heterocycles. The van der Waals surface area contributed by atoms with E-state index >= 15 is 0 Å². The summed E-state index contributed by atoms with van der Waals surface area (Å²) in [5.74, 6) is -0.255. The number of allylic oxidation sites excluding steroid dienone is 3. The Hall–Kier alpha value is -2.80. The standard InChI is InChI=1S/C25H32FN5O/c1-17(2)5-4-11-27-28-15-20-6-3-7-24(29-20)30-25(32)22-13-19-16-31(21-8-9-21)12-10-18(19)14-23(22)26/h3,6-7,11,13-15,17,21,24,29H,4-5,8-10,12,16H2,1-2H3,(H,30,32)/b27-11+,28-15+. The highest BCUT2D eigenvalue weighted by molar-refractivity contribution is 5.95. The van der Waals surface area contributed by atoms with Gasteiger partial charge in [-0.3, -0.25) is 9.69 Å². The Morgan fingerprint density at radius 3 is 2.94 bits per heavy atom. The van der Waals surface area contributed by atoms with Crippen LogP contribution in [0.3, 0.4) is 0 Å². The summed E-state index contributed by atoms with van der Waals surface area (Å²) in [6.45, 7) is 6.11. The highest BCUT2D eigenvalue weighted by Gasteiger charge is 2.32. The van der Waals surface area contributed by atoms with Gasteiger partial charge in [-0.05, 0) is 73.4 Å². The Morgan fingerprint density at radius 2 is 2.16 bits per heavy atom. The molecule has 32 heavy (non-hydrogen) atoms. The van der Waals surface area contributed by atoms with Gasteiger partial charge in [0.05, 0.1) is 17.5 Å². The fourth-order valence-electron chi connectivity index (χ4n) is 4.06. The second-order valence-corrected chi connectivity index (χ2v) is 9.17. The molecule has 4 rings (SSSR count). The minimum atomic E-state index is -0.464. The predicted molar refractivity (Wildman–Crippen MR) is 126 cm³/mol. The zero-order valence-corrected chi connectivity index (χ0v) is 18.9. The molecule has 0 radical (unpaired) electrons. The minimum Gasteiger partial charge on any atom is -0.361 e. The maximum atomic E-state index is 14.7. The van der Waals surface area contributed by atoms with Gasteiger partial charge < -0.3 is 10.6 Å². The number of carbonyl (C=O) groups is 1. The number of hydrogen-bond acceptors (Lipinski definition) is 5. The Bertz CT molecular complexity index is 961. The van der Waals surface area contributed by atoms with Crippen molar-refractivity contribution in [1.29, 1.82) is 0 Å². The molecule has 0 saturated heterocycles. The SMILES string of the molecule is CC(C)CC/C=N/N=C/C1=CC=CC(NC(=O)c2cc3c(cc2F)CCN(C2CC2)C3)N1. The number of dihydropyridines is 1. The molecule has 0 aromatic heterocycles. The summed E-state index contributed by atoms with van der Waals surface area (Å²) in [6.07, 6.45) is 13.8. The minimum absolute atomic E-state index is 0.0936. The van der Waals surface area contributed by atoms with E-state index in [0.717, 1.165) is 49.2 Å². The average molecular weight is 438 g/mol. The smallest absolute Gasteiger partial charge is 0.256 e. The molecule has 2 N–H and O–H groups in total. The van der Waals surface area contributed by atoms with Gasteiger partial charge in [0.15, 0.2) is 0 Å². The van der Waals surface area contributed by atoms with Crippen LogP contribution >= 0.6 is 0 Å². The van der Waals surface area contributed by atoms with E-state index in [4.69, 9.17) is 0 Å². The van der Waals surface area contributed by atoms with Gasteiger partial charge >= 0.3 is 0 Å². The summed E-state index contributed by atoms with van der Waals surface area (Å²) in [5.41, 5.74) is 2.90. The number of hydrogen-bond donors (Lipinski definition) is 2. The van der Waals surface area contributed by atoms with Gasteiger partial charge in [-0.1, -0.05) is 19.9 Å². The molecule has 1 saturated carbocycles. The van der Waals surface area contributed by atoms with Gasteiger partial charge in [0.25, 0.3) is 5.91 Å². The first kappa shape index (κ1) is 22.4. The number of halogens is 1. The lowest BCUT2D eigenvalue weighted by molar-refractivity contribution is 0.0936. The monoisotopic (exact) mass is 437 g/mol. The van der Waals surface area contributed by atoms with Crippen molar-refractivity contribution in [2.75, 3.05) is 6.54 Å². The van der Waals surface area contributed by atoms with E-state index in [1.807, 2.05) is 18.2 Å². The van der Waals surface area contributed by atoms with Crippen molar-refractivity contribution < 1.29 is 9.18 Å². The summed E-state index contributed by atoms with van der Waals surface area (Å²) in [4.78, 5) is 15.3. The van der Waals surface area contributed by atoms with Crippen LogP contribution in [-0.4, -0.2) is 42.0 Å². The van der Waals surface area contributed by atoms with Crippen LogP contribution in [0.5, 0.6) is 0 Å². The van der Waals surface area contributed by atoms with Gasteiger partial charge in [0.2, 0.25) is 0 Å². The number of nitrogens with one attached hydrogen (secondary N) is 2. The second-order valence-electron chi connectivity index (χ2n) is 9.17. The normalized spacial score (nSPS) is 21.1. The molecule has 2 heterocycles. The van der Waals surface area contributed by atoms with Gasteiger partial charge in [-0.2, -0.15) is 10.2 Å². The molecule has 1 fully saturated rings. The quantitative estimate of drug-likeness (QED) is 0.478. The van der Waals surface area contributed by atoms with E-state index in [1.54, 1.807) is 18.5 Å². The lowest BCUT2D eigenvalue weighted by Crippen LogP contribution is -2.45. The number of rotatable bonds is 8. The lowest BCUT2D eigenvalue weighted by atomic mass is 9.96. The molecule has 3 aliphatic rings. The zero-order chi connectivity index (χ0) is 22.5. The number of carbonyl (C=O) groups excluding carboxylic acids is 1. The molecule has 1 aliphatic carbocycles. The van der Waals surface area contributed by atoms with Crippen molar-refractivity contribution in [3.8, 4) is 0 Å². The van der Waals surface area contributed by atoms with E-state index < -0.39 is 17.9 Å². The largest absolute Gasteiger partial charge is 0.361 e. The first-order chi connectivity index (χ1) is 15.5. The van der Waals surface area contributed by atoms with Crippen molar-refractivity contribution in [2.45, 2.75) is 64.7 Å². The molecule has 1 aromatic carbocycles. The fraction of sp³-hybridized carbons (Fsp3) is 0.480. The van der Waals surface area contributed by atoms with Gasteiger partial charge in [-0.25, -0.2) is 4.39 Å². The molecule has 1 atom stereocenters. The molecule has 170 valence electrons. The van der Waals surface area contributed by atoms with Crippen LogP contribution in [0.2, 0.25) is 0 Å². The zero-order valence-electron chi connectivity index (χ0n) is 18.9. The molecule has 0 spiro atoms. The highest BCUT2D eigenvalue weighted by Crippen LogP contribution is 2.32. The average Bonchev–Trinajstić information content (AvgIpc) is 3.61. The van der Waals surface area contributed by atoms with Crippen LogP contribution < -0.4 is 10.6 Å². The Kier molecular flexibility index (Phi) is 7.15.